The van der Waals surface area contributed by atoms with Gasteiger partial charge >= 0.3 is 0 Å². The monoisotopic (exact) mass is 413 g/mol. The standard InChI is InChI=1S/C22H31N5O3/c1-3-7-20(28)25-12-10-16-15(14-25)22(30)27-19(23-16)13-17(24-27)18-9-5-6-11-26(18)21(29)8-4-2/h13,18,24H,3-12,14H2,1-2H3/t18-/m0/s1. The number of aromatic amines is 1. The van der Waals surface area contributed by atoms with Crippen LogP contribution in [0.1, 0.15) is 81.8 Å². The van der Waals surface area contributed by atoms with E-state index >= 15 is 0 Å². The molecule has 1 saturated heterocycles. The molecule has 1 fully saturated rings. The first kappa shape index (κ1) is 20.6. The second-order valence-corrected chi connectivity index (χ2v) is 8.41. The summed E-state index contributed by atoms with van der Waals surface area (Å²) >= 11 is 0. The van der Waals surface area contributed by atoms with Crippen molar-refractivity contribution in [2.45, 2.75) is 77.8 Å². The molecular weight excluding hydrogens is 382 g/mol. The van der Waals surface area contributed by atoms with Gasteiger partial charge in [-0.25, -0.2) is 9.50 Å². The predicted molar refractivity (Wildman–Crippen MR) is 113 cm³/mol. The van der Waals surface area contributed by atoms with E-state index in [0.29, 0.717) is 43.6 Å². The second-order valence-electron chi connectivity index (χ2n) is 8.41. The van der Waals surface area contributed by atoms with Gasteiger partial charge in [0.25, 0.3) is 5.56 Å². The number of nitrogens with zero attached hydrogens (tertiary/aromatic N) is 4. The Balaban J connectivity index is 1.67. The van der Waals surface area contributed by atoms with Gasteiger partial charge in [0.2, 0.25) is 11.8 Å². The zero-order valence-electron chi connectivity index (χ0n) is 17.9. The van der Waals surface area contributed by atoms with Crippen molar-refractivity contribution in [1.82, 2.24) is 24.4 Å². The lowest BCUT2D eigenvalue weighted by molar-refractivity contribution is -0.135. The van der Waals surface area contributed by atoms with Crippen molar-refractivity contribution >= 4 is 17.5 Å². The summed E-state index contributed by atoms with van der Waals surface area (Å²) in [5.41, 5.74) is 2.70. The van der Waals surface area contributed by atoms with Crippen LogP contribution in [-0.2, 0) is 22.6 Å². The van der Waals surface area contributed by atoms with E-state index in [0.717, 1.165) is 50.0 Å². The van der Waals surface area contributed by atoms with E-state index in [9.17, 15) is 14.4 Å². The average molecular weight is 414 g/mol. The van der Waals surface area contributed by atoms with Crippen LogP contribution in [0.25, 0.3) is 5.65 Å². The Bertz CT molecular complexity index is 1010. The molecule has 0 aliphatic carbocycles. The summed E-state index contributed by atoms with van der Waals surface area (Å²) < 4.78 is 1.49. The van der Waals surface area contributed by atoms with Gasteiger partial charge in [-0.1, -0.05) is 13.8 Å². The molecule has 1 atom stereocenters. The van der Waals surface area contributed by atoms with E-state index < -0.39 is 0 Å². The number of H-pyrrole nitrogens is 1. The Morgan fingerprint density at radius 1 is 1.13 bits per heavy atom. The molecular formula is C22H31N5O3. The highest BCUT2D eigenvalue weighted by Gasteiger charge is 2.30. The highest BCUT2D eigenvalue weighted by atomic mass is 16.2. The van der Waals surface area contributed by atoms with Gasteiger partial charge < -0.3 is 9.80 Å². The van der Waals surface area contributed by atoms with Crippen LogP contribution >= 0.6 is 0 Å². The number of rotatable bonds is 5. The Hall–Kier alpha value is -2.64. The fraction of sp³-hybridized carbons (Fsp3) is 0.636. The lowest BCUT2D eigenvalue weighted by atomic mass is 9.98. The van der Waals surface area contributed by atoms with Crippen LogP contribution in [0.5, 0.6) is 0 Å². The largest absolute Gasteiger partial charge is 0.338 e. The maximum Gasteiger partial charge on any atom is 0.277 e. The van der Waals surface area contributed by atoms with Gasteiger partial charge in [0.1, 0.15) is 0 Å². The van der Waals surface area contributed by atoms with Gasteiger partial charge in [0, 0.05) is 38.4 Å². The third-order valence-corrected chi connectivity index (χ3v) is 6.24. The maximum atomic E-state index is 13.2. The van der Waals surface area contributed by atoms with E-state index in [-0.39, 0.29) is 23.4 Å². The van der Waals surface area contributed by atoms with E-state index in [1.54, 1.807) is 4.90 Å². The first-order chi connectivity index (χ1) is 14.5. The first-order valence-electron chi connectivity index (χ1n) is 11.2. The van der Waals surface area contributed by atoms with Crippen molar-refractivity contribution in [2.75, 3.05) is 13.1 Å². The number of carbonyl (C=O) groups is 2. The minimum Gasteiger partial charge on any atom is -0.338 e. The van der Waals surface area contributed by atoms with E-state index in [2.05, 4.69) is 5.10 Å². The van der Waals surface area contributed by atoms with Crippen molar-refractivity contribution < 1.29 is 9.59 Å². The number of likely N-dealkylation sites (tertiary alicyclic amines) is 1. The zero-order chi connectivity index (χ0) is 21.3. The Morgan fingerprint density at radius 3 is 2.67 bits per heavy atom. The van der Waals surface area contributed by atoms with Gasteiger partial charge in [-0.15, -0.1) is 0 Å². The maximum absolute atomic E-state index is 13.2. The molecule has 8 nitrogen and oxygen atoms in total. The highest BCUT2D eigenvalue weighted by Crippen LogP contribution is 2.31. The molecule has 162 valence electrons. The summed E-state index contributed by atoms with van der Waals surface area (Å²) in [5.74, 6) is 0.262. The molecule has 0 radical (unpaired) electrons. The van der Waals surface area contributed by atoms with E-state index in [1.807, 2.05) is 24.8 Å². The molecule has 30 heavy (non-hydrogen) atoms. The number of carbonyl (C=O) groups excluding carboxylic acids is 2. The smallest absolute Gasteiger partial charge is 0.277 e. The minimum absolute atomic E-state index is 0.0430. The molecule has 2 aromatic heterocycles. The van der Waals surface area contributed by atoms with Crippen LogP contribution in [0, 0.1) is 0 Å². The van der Waals surface area contributed by atoms with Gasteiger partial charge in [0.05, 0.1) is 29.5 Å². The molecule has 0 aromatic carbocycles. The van der Waals surface area contributed by atoms with Gasteiger partial charge in [-0.05, 0) is 32.1 Å². The van der Waals surface area contributed by atoms with Crippen LogP contribution < -0.4 is 5.56 Å². The second kappa shape index (κ2) is 8.62. The fourth-order valence-corrected chi connectivity index (χ4v) is 4.67. The molecule has 2 amide bonds. The summed E-state index contributed by atoms with van der Waals surface area (Å²) in [5, 5.41) is 3.22. The van der Waals surface area contributed by atoms with Crippen LogP contribution in [0.15, 0.2) is 10.9 Å². The van der Waals surface area contributed by atoms with E-state index in [1.165, 1.54) is 4.52 Å². The van der Waals surface area contributed by atoms with Crippen molar-refractivity contribution in [3.63, 3.8) is 0 Å². The molecule has 2 aliphatic rings. The lowest BCUT2D eigenvalue weighted by Crippen LogP contribution is -2.40. The molecule has 0 saturated carbocycles. The average Bonchev–Trinajstić information content (AvgIpc) is 3.18. The summed E-state index contributed by atoms with van der Waals surface area (Å²) in [6, 6.07) is 1.87. The van der Waals surface area contributed by atoms with Crippen LogP contribution in [0.4, 0.5) is 0 Å². The Kier molecular flexibility index (Phi) is 5.92. The molecule has 0 spiro atoms. The van der Waals surface area contributed by atoms with Crippen LogP contribution in [0.2, 0.25) is 0 Å². The Morgan fingerprint density at radius 2 is 1.90 bits per heavy atom. The van der Waals surface area contributed by atoms with Crippen LogP contribution in [-0.4, -0.2) is 49.3 Å². The summed E-state index contributed by atoms with van der Waals surface area (Å²) in [6.45, 7) is 5.68. The highest BCUT2D eigenvalue weighted by molar-refractivity contribution is 5.77. The molecule has 4 heterocycles. The van der Waals surface area contributed by atoms with Crippen molar-refractivity contribution in [1.29, 1.82) is 0 Å². The van der Waals surface area contributed by atoms with Crippen molar-refractivity contribution in [3.8, 4) is 0 Å². The number of amides is 2. The summed E-state index contributed by atoms with van der Waals surface area (Å²) in [4.78, 5) is 46.5. The molecule has 2 aromatic rings. The zero-order valence-corrected chi connectivity index (χ0v) is 17.9. The number of hydrogen-bond donors (Lipinski definition) is 1. The molecule has 0 bridgehead atoms. The first-order valence-corrected chi connectivity index (χ1v) is 11.2. The topological polar surface area (TPSA) is 90.8 Å². The van der Waals surface area contributed by atoms with Crippen LogP contribution in [0.3, 0.4) is 0 Å². The fourth-order valence-electron chi connectivity index (χ4n) is 4.67. The van der Waals surface area contributed by atoms with Gasteiger partial charge in [-0.2, -0.15) is 0 Å². The number of piperidine rings is 1. The number of fused-ring (bicyclic) bond motifs is 2. The van der Waals surface area contributed by atoms with Crippen molar-refractivity contribution in [3.05, 3.63) is 33.4 Å². The molecule has 1 N–H and O–H groups in total. The summed E-state index contributed by atoms with van der Waals surface area (Å²) in [6.07, 6.45) is 6.23. The molecule has 8 heteroatoms. The van der Waals surface area contributed by atoms with Gasteiger partial charge in [-0.3, -0.25) is 19.5 Å². The molecule has 2 aliphatic heterocycles. The number of nitrogens with one attached hydrogen (secondary N) is 1. The molecule has 0 unspecified atom stereocenters. The predicted octanol–water partition coefficient (Wildman–Crippen LogP) is 2.56. The molecule has 4 rings (SSSR count). The van der Waals surface area contributed by atoms with Gasteiger partial charge in [0.15, 0.2) is 5.65 Å². The lowest BCUT2D eigenvalue weighted by Gasteiger charge is -2.35. The number of hydrogen-bond acceptors (Lipinski definition) is 4. The minimum atomic E-state index is -0.141. The third kappa shape index (κ3) is 3.75. The van der Waals surface area contributed by atoms with Crippen molar-refractivity contribution in [2.24, 2.45) is 0 Å². The SMILES string of the molecule is CCCC(=O)N1CCc2nc3cc([C@@H]4CCCCN4C(=O)CCC)[nH]n3c(=O)c2C1. The normalized spacial score (nSPS) is 19.2. The van der Waals surface area contributed by atoms with E-state index in [4.69, 9.17) is 4.98 Å². The number of aromatic nitrogens is 3. The Labute approximate surface area is 176 Å². The third-order valence-electron chi connectivity index (χ3n) is 6.24. The quantitative estimate of drug-likeness (QED) is 0.816. The summed E-state index contributed by atoms with van der Waals surface area (Å²) in [7, 11) is 0.